The fraction of sp³-hybridized carbons (Fsp3) is 0.286. The first-order valence-corrected chi connectivity index (χ1v) is 9.65. The second-order valence-electron chi connectivity index (χ2n) is 7.42. The summed E-state index contributed by atoms with van der Waals surface area (Å²) >= 11 is 0. The molecule has 1 aliphatic rings. The fourth-order valence-electron chi connectivity index (χ4n) is 3.50. The lowest BCUT2D eigenvalue weighted by Gasteiger charge is -2.39. The number of fused-ring (bicyclic) bond motifs is 1. The van der Waals surface area contributed by atoms with Crippen LogP contribution < -0.4 is 10.2 Å². The van der Waals surface area contributed by atoms with Crippen LogP contribution in [-0.2, 0) is 4.74 Å². The van der Waals surface area contributed by atoms with Gasteiger partial charge in [-0.25, -0.2) is 0 Å². The Kier molecular flexibility index (Phi) is 5.78. The molecule has 33 heavy (non-hydrogen) atoms. The van der Waals surface area contributed by atoms with Crippen molar-refractivity contribution in [1.82, 2.24) is 0 Å². The normalized spacial score (nSPS) is 25.3. The SMILES string of the molecule is O=c1c(O[C@@H]2O[C@H](CO)[C@@H](O)[C@H](O)[C@H]2O)c(-c2ccc(O)cc2)oc2c(O)c(O)cc(O)c12. The maximum absolute atomic E-state index is 13.3. The van der Waals surface area contributed by atoms with Gasteiger partial charge in [-0.2, -0.15) is 0 Å². The third-order valence-electron chi connectivity index (χ3n) is 5.27. The minimum absolute atomic E-state index is 0.114. The molecule has 1 aromatic heterocycles. The summed E-state index contributed by atoms with van der Waals surface area (Å²) in [5.41, 5.74) is -1.46. The Hall–Kier alpha value is -3.55. The number of ether oxygens (including phenoxy) is 2. The third-order valence-corrected chi connectivity index (χ3v) is 5.27. The molecule has 4 rings (SSSR count). The highest BCUT2D eigenvalue weighted by atomic mass is 16.7. The van der Waals surface area contributed by atoms with Gasteiger partial charge in [-0.15, -0.1) is 0 Å². The summed E-state index contributed by atoms with van der Waals surface area (Å²) in [5, 5.41) is 78.8. The standard InChI is InChI=1S/C21H20O12/c22-6-11-14(27)16(29)17(30)21(31-11)33-20-15(28)12-9(24)5-10(25)13(26)19(12)32-18(20)7-1-3-8(23)4-2-7/h1-5,11,14,16-17,21-27,29-30H,6H2/t11-,14-,16+,17-,21+/m1/s1. The summed E-state index contributed by atoms with van der Waals surface area (Å²) in [6, 6.07) is 5.90. The van der Waals surface area contributed by atoms with Crippen LogP contribution in [0.5, 0.6) is 28.7 Å². The molecule has 5 atom stereocenters. The number of hydrogen-bond acceptors (Lipinski definition) is 12. The van der Waals surface area contributed by atoms with Crippen LogP contribution in [0.4, 0.5) is 0 Å². The van der Waals surface area contributed by atoms with E-state index < -0.39 is 76.7 Å². The van der Waals surface area contributed by atoms with Gasteiger partial charge in [-0.1, -0.05) is 0 Å². The van der Waals surface area contributed by atoms with Gasteiger partial charge in [-0.05, 0) is 24.3 Å². The van der Waals surface area contributed by atoms with Crippen LogP contribution in [0, 0.1) is 0 Å². The first kappa shape index (κ1) is 22.6. The van der Waals surface area contributed by atoms with Crippen LogP contribution in [0.1, 0.15) is 0 Å². The van der Waals surface area contributed by atoms with Gasteiger partial charge in [0.2, 0.25) is 23.2 Å². The molecular weight excluding hydrogens is 444 g/mol. The second-order valence-corrected chi connectivity index (χ2v) is 7.42. The molecule has 0 aliphatic carbocycles. The Labute approximate surface area is 184 Å². The summed E-state index contributed by atoms with van der Waals surface area (Å²) in [5.74, 6) is -3.43. The Balaban J connectivity index is 1.92. The second kappa shape index (κ2) is 8.42. The van der Waals surface area contributed by atoms with E-state index in [-0.39, 0.29) is 17.1 Å². The number of hydrogen-bond donors (Lipinski definition) is 8. The van der Waals surface area contributed by atoms with Crippen LogP contribution in [0.2, 0.25) is 0 Å². The Morgan fingerprint density at radius 1 is 0.909 bits per heavy atom. The smallest absolute Gasteiger partial charge is 0.239 e. The van der Waals surface area contributed by atoms with Crippen molar-refractivity contribution in [3.8, 4) is 40.1 Å². The quantitative estimate of drug-likeness (QED) is 0.181. The zero-order valence-electron chi connectivity index (χ0n) is 16.7. The maximum Gasteiger partial charge on any atom is 0.239 e. The molecule has 12 heteroatoms. The van der Waals surface area contributed by atoms with Crippen LogP contribution >= 0.6 is 0 Å². The molecule has 12 nitrogen and oxygen atoms in total. The average Bonchev–Trinajstić information content (AvgIpc) is 2.79. The number of aliphatic hydroxyl groups is 4. The lowest BCUT2D eigenvalue weighted by molar-refractivity contribution is -0.277. The Bertz CT molecular complexity index is 1230. The molecule has 8 N–H and O–H groups in total. The highest BCUT2D eigenvalue weighted by molar-refractivity contribution is 5.93. The van der Waals surface area contributed by atoms with Crippen LogP contribution in [-0.4, -0.2) is 78.2 Å². The third kappa shape index (κ3) is 3.79. The predicted molar refractivity (Wildman–Crippen MR) is 109 cm³/mol. The molecule has 2 aromatic carbocycles. The van der Waals surface area contributed by atoms with Gasteiger partial charge in [0.15, 0.2) is 17.1 Å². The topological polar surface area (TPSA) is 211 Å². The lowest BCUT2D eigenvalue weighted by atomic mass is 9.99. The summed E-state index contributed by atoms with van der Waals surface area (Å²) in [6.45, 7) is -0.740. The van der Waals surface area contributed by atoms with Gasteiger partial charge in [-0.3, -0.25) is 4.79 Å². The zero-order chi connectivity index (χ0) is 24.0. The first-order chi connectivity index (χ1) is 15.6. The minimum atomic E-state index is -1.85. The summed E-state index contributed by atoms with van der Waals surface area (Å²) in [7, 11) is 0. The number of rotatable bonds is 4. The molecule has 0 amide bonds. The number of benzene rings is 2. The molecule has 0 saturated carbocycles. The van der Waals surface area contributed by atoms with E-state index in [9.17, 15) is 45.6 Å². The van der Waals surface area contributed by atoms with E-state index in [2.05, 4.69) is 0 Å². The number of phenolic OH excluding ortho intramolecular Hbond substituents is 4. The van der Waals surface area contributed by atoms with Crippen molar-refractivity contribution in [2.45, 2.75) is 30.7 Å². The molecule has 0 radical (unpaired) electrons. The Morgan fingerprint density at radius 3 is 2.21 bits per heavy atom. The number of aromatic hydroxyl groups is 4. The van der Waals surface area contributed by atoms with Gasteiger partial charge in [0.1, 0.15) is 41.3 Å². The van der Waals surface area contributed by atoms with E-state index in [4.69, 9.17) is 13.9 Å². The van der Waals surface area contributed by atoms with E-state index in [0.29, 0.717) is 6.07 Å². The van der Waals surface area contributed by atoms with Crippen molar-refractivity contribution < 1.29 is 54.7 Å². The summed E-state index contributed by atoms with van der Waals surface area (Å²) < 4.78 is 16.4. The first-order valence-electron chi connectivity index (χ1n) is 9.65. The highest BCUT2D eigenvalue weighted by Gasteiger charge is 2.45. The summed E-state index contributed by atoms with van der Waals surface area (Å²) in [6.07, 6.45) is -8.40. The maximum atomic E-state index is 13.3. The molecule has 176 valence electrons. The molecule has 1 saturated heterocycles. The lowest BCUT2D eigenvalue weighted by Crippen LogP contribution is -2.60. The molecule has 3 aromatic rings. The molecule has 0 spiro atoms. The van der Waals surface area contributed by atoms with E-state index in [1.165, 1.54) is 24.3 Å². The highest BCUT2D eigenvalue weighted by Crippen LogP contribution is 2.42. The van der Waals surface area contributed by atoms with Gasteiger partial charge < -0.3 is 54.7 Å². The van der Waals surface area contributed by atoms with Gasteiger partial charge in [0, 0.05) is 11.6 Å². The molecule has 0 bridgehead atoms. The molecular formula is C21H20O12. The van der Waals surface area contributed by atoms with Gasteiger partial charge >= 0.3 is 0 Å². The van der Waals surface area contributed by atoms with E-state index in [1.54, 1.807) is 0 Å². The predicted octanol–water partition coefficient (Wildman–Crippen LogP) is -0.539. The van der Waals surface area contributed by atoms with Crippen molar-refractivity contribution >= 4 is 11.0 Å². The largest absolute Gasteiger partial charge is 0.508 e. The van der Waals surface area contributed by atoms with Crippen molar-refractivity contribution in [3.63, 3.8) is 0 Å². The molecule has 1 fully saturated rings. The van der Waals surface area contributed by atoms with Crippen molar-refractivity contribution in [1.29, 1.82) is 0 Å². The summed E-state index contributed by atoms with van der Waals surface area (Å²) in [4.78, 5) is 13.3. The monoisotopic (exact) mass is 464 g/mol. The molecule has 0 unspecified atom stereocenters. The number of phenols is 4. The zero-order valence-corrected chi connectivity index (χ0v) is 16.7. The van der Waals surface area contributed by atoms with Crippen molar-refractivity contribution in [2.24, 2.45) is 0 Å². The van der Waals surface area contributed by atoms with E-state index >= 15 is 0 Å². The molecule has 2 heterocycles. The Morgan fingerprint density at radius 2 is 1.58 bits per heavy atom. The van der Waals surface area contributed by atoms with Crippen molar-refractivity contribution in [3.05, 3.63) is 40.6 Å². The minimum Gasteiger partial charge on any atom is -0.508 e. The average molecular weight is 464 g/mol. The van der Waals surface area contributed by atoms with Gasteiger partial charge in [0.05, 0.1) is 6.61 Å². The van der Waals surface area contributed by atoms with E-state index in [0.717, 1.165) is 0 Å². The van der Waals surface area contributed by atoms with Crippen LogP contribution in [0.15, 0.2) is 39.5 Å². The van der Waals surface area contributed by atoms with E-state index in [1.807, 2.05) is 0 Å². The van der Waals surface area contributed by atoms with Crippen LogP contribution in [0.25, 0.3) is 22.3 Å². The fourth-order valence-corrected chi connectivity index (χ4v) is 3.50. The van der Waals surface area contributed by atoms with Crippen LogP contribution in [0.3, 0.4) is 0 Å². The van der Waals surface area contributed by atoms with Gasteiger partial charge in [0.25, 0.3) is 0 Å². The molecule has 1 aliphatic heterocycles. The number of aliphatic hydroxyl groups excluding tert-OH is 4. The van der Waals surface area contributed by atoms with Crippen molar-refractivity contribution in [2.75, 3.05) is 6.61 Å².